The van der Waals surface area contributed by atoms with Crippen molar-refractivity contribution < 1.29 is 4.39 Å². The lowest BCUT2D eigenvalue weighted by atomic mass is 10.2. The molecular weight excluding hydrogens is 229 g/mol. The molecule has 0 aliphatic rings. The number of hydrogen-bond donors (Lipinski definition) is 0. The number of halogens is 1. The van der Waals surface area contributed by atoms with E-state index in [0.717, 1.165) is 11.3 Å². The van der Waals surface area contributed by atoms with Crippen molar-refractivity contribution in [2.75, 3.05) is 11.9 Å². The van der Waals surface area contributed by atoms with Crippen molar-refractivity contribution in [2.45, 2.75) is 6.54 Å². The zero-order valence-electron chi connectivity index (χ0n) is 9.97. The molecule has 0 saturated carbocycles. The van der Waals surface area contributed by atoms with E-state index in [1.807, 2.05) is 30.1 Å². The van der Waals surface area contributed by atoms with Gasteiger partial charge in [0.25, 0.3) is 0 Å². The Labute approximate surface area is 105 Å². The van der Waals surface area contributed by atoms with Gasteiger partial charge in [-0.25, -0.2) is 9.37 Å². The Bertz CT molecular complexity index is 572. The quantitative estimate of drug-likeness (QED) is 0.829. The summed E-state index contributed by atoms with van der Waals surface area (Å²) in [6.07, 6.45) is 1.64. The molecule has 1 aromatic heterocycles. The van der Waals surface area contributed by atoms with Crippen LogP contribution in [0.1, 0.15) is 11.3 Å². The van der Waals surface area contributed by atoms with E-state index >= 15 is 0 Å². The van der Waals surface area contributed by atoms with E-state index in [1.54, 1.807) is 18.3 Å². The van der Waals surface area contributed by atoms with Gasteiger partial charge in [-0.15, -0.1) is 0 Å². The van der Waals surface area contributed by atoms with Crippen LogP contribution in [0.3, 0.4) is 0 Å². The van der Waals surface area contributed by atoms with Crippen molar-refractivity contribution in [1.29, 1.82) is 5.26 Å². The number of anilines is 1. The summed E-state index contributed by atoms with van der Waals surface area (Å²) in [5, 5.41) is 8.67. The second kappa shape index (κ2) is 5.28. The Hall–Kier alpha value is -2.41. The van der Waals surface area contributed by atoms with Crippen molar-refractivity contribution in [1.82, 2.24) is 4.98 Å². The van der Waals surface area contributed by atoms with E-state index in [2.05, 4.69) is 4.98 Å². The van der Waals surface area contributed by atoms with Crippen molar-refractivity contribution in [3.63, 3.8) is 0 Å². The second-order valence-corrected chi connectivity index (χ2v) is 4.00. The largest absolute Gasteiger partial charge is 0.369 e. The molecule has 0 N–H and O–H groups in total. The first-order valence-electron chi connectivity index (χ1n) is 5.51. The van der Waals surface area contributed by atoms with Gasteiger partial charge >= 0.3 is 0 Å². The summed E-state index contributed by atoms with van der Waals surface area (Å²) in [6, 6.07) is 12.0. The molecule has 0 amide bonds. The fourth-order valence-corrected chi connectivity index (χ4v) is 1.68. The van der Waals surface area contributed by atoms with Crippen LogP contribution in [0, 0.1) is 17.1 Å². The molecule has 2 rings (SSSR count). The van der Waals surface area contributed by atoms with Gasteiger partial charge in [-0.1, -0.05) is 12.1 Å². The van der Waals surface area contributed by atoms with E-state index in [0.29, 0.717) is 12.2 Å². The lowest BCUT2D eigenvalue weighted by molar-refractivity contribution is 0.625. The Morgan fingerprint density at radius 1 is 1.33 bits per heavy atom. The van der Waals surface area contributed by atoms with Gasteiger partial charge in [0, 0.05) is 13.6 Å². The van der Waals surface area contributed by atoms with Gasteiger partial charge in [0.05, 0.1) is 11.9 Å². The normalized spacial score (nSPS) is 9.83. The number of hydrogen-bond acceptors (Lipinski definition) is 3. The summed E-state index contributed by atoms with van der Waals surface area (Å²) in [7, 11) is 1.90. The van der Waals surface area contributed by atoms with Crippen LogP contribution in [0.15, 0.2) is 42.6 Å². The maximum atomic E-state index is 13.1. The predicted octanol–water partition coefficient (Wildman–Crippen LogP) is 2.73. The average Bonchev–Trinajstić information content (AvgIpc) is 2.39. The third-order valence-electron chi connectivity index (χ3n) is 2.61. The van der Waals surface area contributed by atoms with E-state index in [4.69, 9.17) is 5.26 Å². The van der Waals surface area contributed by atoms with Crippen molar-refractivity contribution in [3.8, 4) is 6.07 Å². The minimum Gasteiger partial charge on any atom is -0.369 e. The summed E-state index contributed by atoms with van der Waals surface area (Å²) in [6.45, 7) is 0.589. The molecule has 1 heterocycles. The van der Waals surface area contributed by atoms with Crippen LogP contribution in [-0.4, -0.2) is 12.0 Å². The van der Waals surface area contributed by atoms with Crippen molar-refractivity contribution in [3.05, 3.63) is 59.7 Å². The third-order valence-corrected chi connectivity index (χ3v) is 2.61. The Balaban J connectivity index is 2.12. The number of benzene rings is 1. The van der Waals surface area contributed by atoms with E-state index in [9.17, 15) is 4.39 Å². The summed E-state index contributed by atoms with van der Waals surface area (Å²) < 4.78 is 13.1. The summed E-state index contributed by atoms with van der Waals surface area (Å²) in [5.41, 5.74) is 2.16. The van der Waals surface area contributed by atoms with Gasteiger partial charge in [0.15, 0.2) is 0 Å². The number of pyridine rings is 1. The predicted molar refractivity (Wildman–Crippen MR) is 67.5 cm³/mol. The minimum absolute atomic E-state index is 0.237. The van der Waals surface area contributed by atoms with Crippen LogP contribution in [0.2, 0.25) is 0 Å². The van der Waals surface area contributed by atoms with Gasteiger partial charge in [0.1, 0.15) is 17.6 Å². The first-order valence-corrected chi connectivity index (χ1v) is 5.51. The summed E-state index contributed by atoms with van der Waals surface area (Å²) in [4.78, 5) is 5.95. The van der Waals surface area contributed by atoms with Crippen LogP contribution in [0.4, 0.5) is 10.1 Å². The van der Waals surface area contributed by atoms with Gasteiger partial charge < -0.3 is 4.90 Å². The SMILES string of the molecule is CN(Cc1cccc(F)c1)c1ccc(C#N)nc1. The van der Waals surface area contributed by atoms with Crippen LogP contribution in [-0.2, 0) is 6.54 Å². The highest BCUT2D eigenvalue weighted by molar-refractivity contribution is 5.45. The first-order chi connectivity index (χ1) is 8.69. The Morgan fingerprint density at radius 3 is 2.78 bits per heavy atom. The Kier molecular flexibility index (Phi) is 3.54. The van der Waals surface area contributed by atoms with Crippen molar-refractivity contribution in [2.24, 2.45) is 0 Å². The number of nitriles is 1. The van der Waals surface area contributed by atoms with E-state index in [1.165, 1.54) is 12.1 Å². The highest BCUT2D eigenvalue weighted by Gasteiger charge is 2.03. The molecule has 0 saturated heterocycles. The highest BCUT2D eigenvalue weighted by atomic mass is 19.1. The van der Waals surface area contributed by atoms with E-state index < -0.39 is 0 Å². The average molecular weight is 241 g/mol. The first kappa shape index (κ1) is 12.1. The minimum atomic E-state index is -0.237. The van der Waals surface area contributed by atoms with Gasteiger partial charge in [-0.05, 0) is 29.8 Å². The standard InChI is InChI=1S/C14H12FN3/c1-18(10-11-3-2-4-12(15)7-11)14-6-5-13(8-16)17-9-14/h2-7,9H,10H2,1H3. The molecule has 90 valence electrons. The zero-order valence-corrected chi connectivity index (χ0v) is 9.97. The molecule has 0 spiro atoms. The fraction of sp³-hybridized carbons (Fsp3) is 0.143. The molecule has 4 heteroatoms. The molecule has 0 atom stereocenters. The number of aromatic nitrogens is 1. The molecule has 2 aromatic rings. The van der Waals surface area contributed by atoms with Gasteiger partial charge in [-0.3, -0.25) is 0 Å². The molecule has 18 heavy (non-hydrogen) atoms. The molecule has 0 fully saturated rings. The molecular formula is C14H12FN3. The molecule has 1 aromatic carbocycles. The van der Waals surface area contributed by atoms with Crippen molar-refractivity contribution >= 4 is 5.69 Å². The van der Waals surface area contributed by atoms with Crippen LogP contribution < -0.4 is 4.90 Å². The maximum Gasteiger partial charge on any atom is 0.140 e. The number of rotatable bonds is 3. The van der Waals surface area contributed by atoms with Crippen LogP contribution in [0.5, 0.6) is 0 Å². The molecule has 0 radical (unpaired) electrons. The van der Waals surface area contributed by atoms with Crippen LogP contribution >= 0.6 is 0 Å². The molecule has 0 unspecified atom stereocenters. The lowest BCUT2D eigenvalue weighted by Crippen LogP contribution is -2.16. The smallest absolute Gasteiger partial charge is 0.140 e. The van der Waals surface area contributed by atoms with E-state index in [-0.39, 0.29) is 5.82 Å². The van der Waals surface area contributed by atoms with Gasteiger partial charge in [0.2, 0.25) is 0 Å². The monoisotopic (exact) mass is 241 g/mol. The molecule has 3 nitrogen and oxygen atoms in total. The number of nitrogens with zero attached hydrogens (tertiary/aromatic N) is 3. The maximum absolute atomic E-state index is 13.1. The third kappa shape index (κ3) is 2.83. The summed E-state index contributed by atoms with van der Waals surface area (Å²) in [5.74, 6) is -0.237. The summed E-state index contributed by atoms with van der Waals surface area (Å²) >= 11 is 0. The molecule has 0 bridgehead atoms. The highest BCUT2D eigenvalue weighted by Crippen LogP contribution is 2.15. The van der Waals surface area contributed by atoms with Crippen LogP contribution in [0.25, 0.3) is 0 Å². The second-order valence-electron chi connectivity index (χ2n) is 4.00. The fourth-order valence-electron chi connectivity index (χ4n) is 1.68. The lowest BCUT2D eigenvalue weighted by Gasteiger charge is -2.18. The topological polar surface area (TPSA) is 39.9 Å². The van der Waals surface area contributed by atoms with Gasteiger partial charge in [-0.2, -0.15) is 5.26 Å². The zero-order chi connectivity index (χ0) is 13.0. The Morgan fingerprint density at radius 2 is 2.17 bits per heavy atom. The molecule has 0 aliphatic heterocycles. The molecule has 0 aliphatic carbocycles.